The van der Waals surface area contributed by atoms with Crippen LogP contribution in [0.2, 0.25) is 0 Å². The number of hydrogen-bond donors (Lipinski definition) is 1. The molecule has 0 aromatic heterocycles. The molecule has 0 bridgehead atoms. The van der Waals surface area contributed by atoms with Gasteiger partial charge in [-0.1, -0.05) is 18.2 Å². The van der Waals surface area contributed by atoms with Gasteiger partial charge in [0.15, 0.2) is 4.75 Å². The van der Waals surface area contributed by atoms with Crippen molar-refractivity contribution in [1.82, 2.24) is 0 Å². The summed E-state index contributed by atoms with van der Waals surface area (Å²) in [5.41, 5.74) is 0.654. The lowest BCUT2D eigenvalue weighted by Gasteiger charge is -2.43. The number of carbonyl (C=O) groups is 1. The molecule has 1 aliphatic heterocycles. The van der Waals surface area contributed by atoms with Gasteiger partial charge >= 0.3 is 0 Å². The Balaban J connectivity index is 2.57. The molecule has 1 amide bonds. The van der Waals surface area contributed by atoms with Gasteiger partial charge in [-0.3, -0.25) is 4.79 Å². The summed E-state index contributed by atoms with van der Waals surface area (Å²) in [4.78, 5) is 11.9. The van der Waals surface area contributed by atoms with Gasteiger partial charge in [0, 0.05) is 5.56 Å². The normalized spacial score (nSPS) is 22.4. The molecule has 0 spiro atoms. The highest BCUT2D eigenvalue weighted by molar-refractivity contribution is 7.98. The van der Waals surface area contributed by atoms with Gasteiger partial charge < -0.3 is 5.11 Å². The van der Waals surface area contributed by atoms with E-state index in [1.807, 2.05) is 0 Å². The van der Waals surface area contributed by atoms with Crippen LogP contribution in [0.1, 0.15) is 32.4 Å². The molecule has 5 nitrogen and oxygen atoms in total. The van der Waals surface area contributed by atoms with Crippen molar-refractivity contribution >= 4 is 21.6 Å². The molecule has 1 aromatic carbocycles. The number of anilines is 1. The van der Waals surface area contributed by atoms with E-state index < -0.39 is 26.8 Å². The second-order valence-electron chi connectivity index (χ2n) is 4.82. The minimum absolute atomic E-state index is 0.233. The smallest absolute Gasteiger partial charge is 0.263 e. The van der Waals surface area contributed by atoms with Crippen molar-refractivity contribution in [3.05, 3.63) is 29.8 Å². The summed E-state index contributed by atoms with van der Waals surface area (Å²) in [6.07, 6.45) is -0.840. The van der Waals surface area contributed by atoms with Gasteiger partial charge in [0.05, 0.1) is 11.8 Å². The second-order valence-corrected chi connectivity index (χ2v) is 7.16. The second kappa shape index (κ2) is 3.80. The van der Waals surface area contributed by atoms with E-state index in [1.165, 1.54) is 26.8 Å². The number of amides is 1. The summed E-state index contributed by atoms with van der Waals surface area (Å²) in [5.74, 6) is -0.476. The maximum atomic E-state index is 12.1. The van der Waals surface area contributed by atoms with Gasteiger partial charge in [-0.15, -0.1) is 0 Å². The average molecular weight is 269 g/mol. The first-order valence-electron chi connectivity index (χ1n) is 5.57. The van der Waals surface area contributed by atoms with E-state index in [0.717, 1.165) is 4.31 Å². The van der Waals surface area contributed by atoms with Crippen molar-refractivity contribution in [2.75, 3.05) is 4.31 Å². The van der Waals surface area contributed by atoms with Crippen molar-refractivity contribution in [2.24, 2.45) is 0 Å². The van der Waals surface area contributed by atoms with E-state index in [0.29, 0.717) is 5.56 Å². The largest absolute Gasteiger partial charge is 0.389 e. The van der Waals surface area contributed by atoms with Gasteiger partial charge in [-0.25, -0.2) is 12.7 Å². The summed E-state index contributed by atoms with van der Waals surface area (Å²) in [5, 5.41) is 9.63. The van der Waals surface area contributed by atoms with Crippen LogP contribution in [0, 0.1) is 0 Å². The lowest BCUT2D eigenvalue weighted by atomic mass is 10.1. The molecule has 1 aromatic rings. The number of benzene rings is 1. The van der Waals surface area contributed by atoms with Crippen LogP contribution in [0.3, 0.4) is 0 Å². The van der Waals surface area contributed by atoms with E-state index in [9.17, 15) is 18.3 Å². The molecule has 0 radical (unpaired) electrons. The molecule has 98 valence electrons. The van der Waals surface area contributed by atoms with Crippen molar-refractivity contribution < 1.29 is 18.3 Å². The summed E-state index contributed by atoms with van der Waals surface area (Å²) in [7, 11) is -3.69. The Labute approximate surface area is 106 Å². The van der Waals surface area contributed by atoms with E-state index in [1.54, 1.807) is 18.2 Å². The van der Waals surface area contributed by atoms with Gasteiger partial charge in [0.2, 0.25) is 0 Å². The molecule has 6 heteroatoms. The van der Waals surface area contributed by atoms with Crippen LogP contribution in [0.25, 0.3) is 0 Å². The first kappa shape index (κ1) is 13.0. The Bertz CT molecular complexity index is 604. The summed E-state index contributed by atoms with van der Waals surface area (Å²) in [6.45, 7) is 4.29. The molecule has 18 heavy (non-hydrogen) atoms. The Morgan fingerprint density at radius 2 is 1.83 bits per heavy atom. The fourth-order valence-corrected chi connectivity index (χ4v) is 3.43. The number of aliphatic hydroxyl groups excluding tert-OH is 1. The first-order chi connectivity index (χ1) is 8.21. The van der Waals surface area contributed by atoms with Gasteiger partial charge in [0.1, 0.15) is 0 Å². The molecular weight excluding hydrogens is 254 g/mol. The van der Waals surface area contributed by atoms with Gasteiger partial charge in [-0.2, -0.15) is 0 Å². The maximum Gasteiger partial charge on any atom is 0.263 e. The molecule has 1 unspecified atom stereocenters. The monoisotopic (exact) mass is 269 g/mol. The third kappa shape index (κ3) is 1.49. The fourth-order valence-electron chi connectivity index (χ4n) is 1.92. The van der Waals surface area contributed by atoms with Gasteiger partial charge in [0.25, 0.3) is 15.9 Å². The molecule has 2 rings (SSSR count). The van der Waals surface area contributed by atoms with Crippen LogP contribution in [-0.4, -0.2) is 24.2 Å². The minimum atomic E-state index is -3.69. The standard InChI is InChI=1S/C12H15NO4S/c1-8(14)9-6-4-5-7-10(9)13-11(15)12(2,3)18(13,16)17/h4-8,14H,1-3H3. The predicted octanol–water partition coefficient (Wildman–Crippen LogP) is 1.19. The number of rotatable bonds is 2. The Kier molecular flexibility index (Phi) is 2.75. The van der Waals surface area contributed by atoms with Crippen molar-refractivity contribution in [3.63, 3.8) is 0 Å². The number of hydrogen-bond acceptors (Lipinski definition) is 4. The molecule has 0 aliphatic carbocycles. The van der Waals surface area contributed by atoms with Crippen LogP contribution in [0.4, 0.5) is 5.69 Å². The van der Waals surface area contributed by atoms with E-state index in [-0.39, 0.29) is 5.69 Å². The minimum Gasteiger partial charge on any atom is -0.389 e. The van der Waals surface area contributed by atoms with Crippen molar-refractivity contribution in [2.45, 2.75) is 31.6 Å². The highest BCUT2D eigenvalue weighted by atomic mass is 32.2. The van der Waals surface area contributed by atoms with Crippen LogP contribution in [0.15, 0.2) is 24.3 Å². The Hall–Kier alpha value is -1.40. The Morgan fingerprint density at radius 3 is 2.33 bits per heavy atom. The average Bonchev–Trinajstić information content (AvgIpc) is 2.29. The highest BCUT2D eigenvalue weighted by Crippen LogP contribution is 2.41. The molecule has 1 fully saturated rings. The third-order valence-electron chi connectivity index (χ3n) is 3.19. The topological polar surface area (TPSA) is 74.7 Å². The number of nitrogens with zero attached hydrogens (tertiary/aromatic N) is 1. The zero-order valence-corrected chi connectivity index (χ0v) is 11.2. The van der Waals surface area contributed by atoms with Crippen LogP contribution in [-0.2, 0) is 14.8 Å². The lowest BCUT2D eigenvalue weighted by Crippen LogP contribution is -2.67. The molecule has 1 saturated heterocycles. The van der Waals surface area contributed by atoms with E-state index >= 15 is 0 Å². The predicted molar refractivity (Wildman–Crippen MR) is 67.6 cm³/mol. The third-order valence-corrected chi connectivity index (χ3v) is 5.50. The zero-order valence-electron chi connectivity index (χ0n) is 10.4. The summed E-state index contributed by atoms with van der Waals surface area (Å²) < 4.78 is 23.5. The lowest BCUT2D eigenvalue weighted by molar-refractivity contribution is -0.120. The van der Waals surface area contributed by atoms with Gasteiger partial charge in [-0.05, 0) is 26.8 Å². The number of para-hydroxylation sites is 1. The number of carbonyl (C=O) groups excluding carboxylic acids is 1. The Morgan fingerprint density at radius 1 is 1.28 bits per heavy atom. The SMILES string of the molecule is CC(O)c1ccccc1N1C(=O)C(C)(C)S1(=O)=O. The molecule has 1 N–H and O–H groups in total. The van der Waals surface area contributed by atoms with Crippen LogP contribution >= 0.6 is 0 Å². The highest BCUT2D eigenvalue weighted by Gasteiger charge is 2.61. The molecule has 1 heterocycles. The first-order valence-corrected chi connectivity index (χ1v) is 7.01. The molecule has 1 aliphatic rings. The summed E-state index contributed by atoms with van der Waals surface area (Å²) in [6, 6.07) is 6.45. The molecular formula is C12H15NO4S. The van der Waals surface area contributed by atoms with E-state index in [4.69, 9.17) is 0 Å². The quantitative estimate of drug-likeness (QED) is 0.875. The fraction of sp³-hybridized carbons (Fsp3) is 0.417. The number of aliphatic hydroxyl groups is 1. The number of sulfonamides is 1. The molecule has 0 saturated carbocycles. The van der Waals surface area contributed by atoms with Crippen LogP contribution in [0.5, 0.6) is 0 Å². The molecule has 1 atom stereocenters. The van der Waals surface area contributed by atoms with Crippen molar-refractivity contribution in [3.8, 4) is 0 Å². The van der Waals surface area contributed by atoms with E-state index in [2.05, 4.69) is 0 Å². The summed E-state index contributed by atoms with van der Waals surface area (Å²) >= 11 is 0. The zero-order chi connectivity index (χ0) is 13.7. The maximum absolute atomic E-state index is 12.1. The van der Waals surface area contributed by atoms with Crippen molar-refractivity contribution in [1.29, 1.82) is 0 Å². The van der Waals surface area contributed by atoms with Crippen LogP contribution < -0.4 is 4.31 Å².